The number of allylic oxidation sites excluding steroid dienone is 2. The quantitative estimate of drug-likeness (QED) is 0.724. The van der Waals surface area contributed by atoms with Crippen LogP contribution in [0.2, 0.25) is 0 Å². The standard InChI is InChI=1S/C23H25N5O3/c1-27(2)20-12-15(10-11-24-20)14-25-21(29)16-6-5-7-17(13-16)28-23(31)19-9-4-3-8-18(19)22(30)26-28/h3-7,10-13,18-19H,8-9,14H2,1-2H3,(H,25,29)(H,26,30). The number of carbonyl (C=O) groups excluding carboxylic acids is 3. The number of hydrogen-bond acceptors (Lipinski definition) is 5. The average molecular weight is 419 g/mol. The fraction of sp³-hybridized carbons (Fsp3) is 0.304. The molecule has 3 amide bonds. The van der Waals surface area contributed by atoms with Crippen molar-refractivity contribution in [2.45, 2.75) is 19.4 Å². The van der Waals surface area contributed by atoms with E-state index in [1.807, 2.05) is 43.3 Å². The maximum Gasteiger partial charge on any atom is 0.251 e. The first-order valence-corrected chi connectivity index (χ1v) is 10.2. The van der Waals surface area contributed by atoms with Crippen LogP contribution in [0.15, 0.2) is 54.7 Å². The van der Waals surface area contributed by atoms with E-state index in [0.29, 0.717) is 30.6 Å². The summed E-state index contributed by atoms with van der Waals surface area (Å²) in [4.78, 5) is 44.3. The molecule has 1 aliphatic heterocycles. The van der Waals surface area contributed by atoms with E-state index in [9.17, 15) is 14.4 Å². The number of fused-ring (bicyclic) bond motifs is 1. The van der Waals surface area contributed by atoms with Gasteiger partial charge in [-0.25, -0.2) is 9.99 Å². The van der Waals surface area contributed by atoms with Crippen LogP contribution in [0.3, 0.4) is 0 Å². The number of benzene rings is 1. The zero-order chi connectivity index (χ0) is 22.0. The first kappa shape index (κ1) is 20.6. The monoisotopic (exact) mass is 419 g/mol. The minimum absolute atomic E-state index is 0.153. The first-order valence-electron chi connectivity index (χ1n) is 10.2. The molecule has 1 fully saturated rings. The van der Waals surface area contributed by atoms with Crippen LogP contribution in [0, 0.1) is 11.8 Å². The predicted molar refractivity (Wildman–Crippen MR) is 117 cm³/mol. The molecule has 2 heterocycles. The Kier molecular flexibility index (Phi) is 5.70. The van der Waals surface area contributed by atoms with Crippen LogP contribution < -0.4 is 20.7 Å². The number of hydrogen-bond donors (Lipinski definition) is 2. The SMILES string of the molecule is CN(C)c1cc(CNC(=O)c2cccc(N3NC(=O)C4CC=CCC4C3=O)c2)ccn1. The van der Waals surface area contributed by atoms with Crippen molar-refractivity contribution in [3.8, 4) is 0 Å². The molecule has 1 saturated heterocycles. The predicted octanol–water partition coefficient (Wildman–Crippen LogP) is 2.04. The van der Waals surface area contributed by atoms with E-state index in [0.717, 1.165) is 11.4 Å². The number of carbonyl (C=O) groups is 3. The van der Waals surface area contributed by atoms with Gasteiger partial charge in [-0.2, -0.15) is 0 Å². The van der Waals surface area contributed by atoms with E-state index in [4.69, 9.17) is 0 Å². The minimum atomic E-state index is -0.367. The van der Waals surface area contributed by atoms with Crippen LogP contribution in [-0.2, 0) is 16.1 Å². The molecular weight excluding hydrogens is 394 g/mol. The minimum Gasteiger partial charge on any atom is -0.363 e. The summed E-state index contributed by atoms with van der Waals surface area (Å²) in [6, 6.07) is 10.5. The van der Waals surface area contributed by atoms with Gasteiger partial charge in [-0.05, 0) is 48.7 Å². The molecule has 1 aromatic heterocycles. The van der Waals surface area contributed by atoms with Crippen LogP contribution in [0.4, 0.5) is 11.5 Å². The van der Waals surface area contributed by atoms with Gasteiger partial charge in [-0.3, -0.25) is 19.8 Å². The molecule has 8 nitrogen and oxygen atoms in total. The zero-order valence-corrected chi connectivity index (χ0v) is 17.5. The molecule has 160 valence electrons. The third kappa shape index (κ3) is 4.28. The van der Waals surface area contributed by atoms with E-state index in [-0.39, 0.29) is 29.6 Å². The summed E-state index contributed by atoms with van der Waals surface area (Å²) in [6.45, 7) is 0.349. The zero-order valence-electron chi connectivity index (χ0n) is 17.5. The van der Waals surface area contributed by atoms with Gasteiger partial charge in [0.1, 0.15) is 5.82 Å². The Labute approximate surface area is 180 Å². The second kappa shape index (κ2) is 8.59. The van der Waals surface area contributed by atoms with Gasteiger partial charge in [0.15, 0.2) is 0 Å². The summed E-state index contributed by atoms with van der Waals surface area (Å²) >= 11 is 0. The fourth-order valence-corrected chi connectivity index (χ4v) is 3.87. The third-order valence-corrected chi connectivity index (χ3v) is 5.62. The number of hydrazine groups is 1. The van der Waals surface area contributed by atoms with Crippen LogP contribution in [0.25, 0.3) is 0 Å². The molecule has 8 heteroatoms. The smallest absolute Gasteiger partial charge is 0.251 e. The van der Waals surface area contributed by atoms with Crippen LogP contribution in [-0.4, -0.2) is 36.8 Å². The van der Waals surface area contributed by atoms with Crippen LogP contribution in [0.1, 0.15) is 28.8 Å². The van der Waals surface area contributed by atoms with Gasteiger partial charge in [0, 0.05) is 32.4 Å². The number of aromatic nitrogens is 1. The van der Waals surface area contributed by atoms with Crippen molar-refractivity contribution in [3.63, 3.8) is 0 Å². The Bertz CT molecular complexity index is 1050. The van der Waals surface area contributed by atoms with E-state index >= 15 is 0 Å². The molecule has 0 spiro atoms. The Hall–Kier alpha value is -3.68. The number of nitrogens with one attached hydrogen (secondary N) is 2. The largest absolute Gasteiger partial charge is 0.363 e. The molecule has 31 heavy (non-hydrogen) atoms. The summed E-state index contributed by atoms with van der Waals surface area (Å²) in [5.74, 6) is -0.470. The maximum absolute atomic E-state index is 13.0. The lowest BCUT2D eigenvalue weighted by atomic mass is 9.80. The highest BCUT2D eigenvalue weighted by Crippen LogP contribution is 2.32. The number of anilines is 2. The van der Waals surface area contributed by atoms with Crippen LogP contribution >= 0.6 is 0 Å². The van der Waals surface area contributed by atoms with E-state index < -0.39 is 0 Å². The number of nitrogens with zero attached hydrogens (tertiary/aromatic N) is 3. The van der Waals surface area contributed by atoms with Crippen molar-refractivity contribution in [2.24, 2.45) is 11.8 Å². The number of amides is 3. The summed E-state index contributed by atoms with van der Waals surface area (Å²) in [7, 11) is 3.81. The molecule has 2 aliphatic rings. The van der Waals surface area contributed by atoms with Crippen LogP contribution in [0.5, 0.6) is 0 Å². The van der Waals surface area contributed by atoms with Crippen molar-refractivity contribution in [1.82, 2.24) is 15.7 Å². The lowest BCUT2D eigenvalue weighted by Gasteiger charge is -2.38. The van der Waals surface area contributed by atoms with Gasteiger partial charge in [-0.15, -0.1) is 0 Å². The molecule has 2 unspecified atom stereocenters. The van der Waals surface area contributed by atoms with Crippen molar-refractivity contribution < 1.29 is 14.4 Å². The molecular formula is C23H25N5O3. The molecule has 1 aromatic carbocycles. The molecule has 1 aliphatic carbocycles. The highest BCUT2D eigenvalue weighted by Gasteiger charge is 2.42. The highest BCUT2D eigenvalue weighted by molar-refractivity contribution is 6.05. The molecule has 4 rings (SSSR count). The molecule has 2 atom stereocenters. The van der Waals surface area contributed by atoms with Crippen molar-refractivity contribution >= 4 is 29.2 Å². The number of rotatable bonds is 5. The Balaban J connectivity index is 1.47. The number of pyridine rings is 1. The Morgan fingerprint density at radius 1 is 1.16 bits per heavy atom. The molecule has 0 saturated carbocycles. The van der Waals surface area contributed by atoms with E-state index in [1.165, 1.54) is 5.01 Å². The van der Waals surface area contributed by atoms with E-state index in [1.54, 1.807) is 30.5 Å². The highest BCUT2D eigenvalue weighted by atomic mass is 16.2. The summed E-state index contributed by atoms with van der Waals surface area (Å²) < 4.78 is 0. The normalized spacial score (nSPS) is 20.1. The Morgan fingerprint density at radius 2 is 1.94 bits per heavy atom. The van der Waals surface area contributed by atoms with Gasteiger partial charge in [0.25, 0.3) is 5.91 Å². The maximum atomic E-state index is 13.0. The first-order chi connectivity index (χ1) is 14.9. The molecule has 2 aromatic rings. The average Bonchev–Trinajstić information content (AvgIpc) is 2.80. The third-order valence-electron chi connectivity index (χ3n) is 5.62. The Morgan fingerprint density at radius 3 is 2.71 bits per heavy atom. The second-order valence-corrected chi connectivity index (χ2v) is 7.96. The van der Waals surface area contributed by atoms with Crippen molar-refractivity contribution in [2.75, 3.05) is 24.0 Å². The molecule has 2 N–H and O–H groups in total. The van der Waals surface area contributed by atoms with Gasteiger partial charge in [0.2, 0.25) is 11.8 Å². The second-order valence-electron chi connectivity index (χ2n) is 7.96. The summed E-state index contributed by atoms with van der Waals surface area (Å²) in [6.07, 6.45) is 6.72. The summed E-state index contributed by atoms with van der Waals surface area (Å²) in [5, 5.41) is 4.16. The topological polar surface area (TPSA) is 94.6 Å². The molecule has 0 bridgehead atoms. The summed E-state index contributed by atoms with van der Waals surface area (Å²) in [5.41, 5.74) is 4.50. The van der Waals surface area contributed by atoms with Gasteiger partial charge < -0.3 is 10.2 Å². The van der Waals surface area contributed by atoms with Gasteiger partial charge in [-0.1, -0.05) is 18.2 Å². The lowest BCUT2D eigenvalue weighted by Crippen LogP contribution is -2.59. The fourth-order valence-electron chi connectivity index (χ4n) is 3.87. The lowest BCUT2D eigenvalue weighted by molar-refractivity contribution is -0.139. The molecule has 0 radical (unpaired) electrons. The van der Waals surface area contributed by atoms with Crippen molar-refractivity contribution in [1.29, 1.82) is 0 Å². The van der Waals surface area contributed by atoms with E-state index in [2.05, 4.69) is 15.7 Å². The van der Waals surface area contributed by atoms with Gasteiger partial charge >= 0.3 is 0 Å². The van der Waals surface area contributed by atoms with Gasteiger partial charge in [0.05, 0.1) is 17.5 Å². The van der Waals surface area contributed by atoms with Crippen molar-refractivity contribution in [3.05, 3.63) is 65.9 Å².